The van der Waals surface area contributed by atoms with Crippen LogP contribution in [0.1, 0.15) is 5.56 Å². The lowest BCUT2D eigenvalue weighted by Crippen LogP contribution is -2.03. The molecule has 0 saturated heterocycles. The molecule has 0 bridgehead atoms. The summed E-state index contributed by atoms with van der Waals surface area (Å²) in [6.07, 6.45) is -4.27. The van der Waals surface area contributed by atoms with Gasteiger partial charge < -0.3 is 0 Å². The van der Waals surface area contributed by atoms with Crippen molar-refractivity contribution >= 4 is 34.4 Å². The molecule has 2 aromatic carbocycles. The average Bonchev–Trinajstić information content (AvgIpc) is 2.28. The third kappa shape index (κ3) is 3.65. The molecule has 0 aliphatic heterocycles. The zero-order valence-corrected chi connectivity index (χ0v) is 12.0. The Morgan fingerprint density at radius 2 is 1.56 bits per heavy atom. The molecule has 0 aromatic heterocycles. The van der Waals surface area contributed by atoms with Gasteiger partial charge in [0.2, 0.25) is 0 Å². The monoisotopic (exact) mass is 380 g/mol. The van der Waals surface area contributed by atoms with Crippen molar-refractivity contribution in [1.82, 2.24) is 0 Å². The predicted molar refractivity (Wildman–Crippen MR) is 74.7 cm³/mol. The minimum atomic E-state index is -4.27. The first-order chi connectivity index (χ1) is 8.45. The highest BCUT2D eigenvalue weighted by atomic mass is 127. The molecular weight excluding hydrogens is 372 g/mol. The second-order valence-corrected chi connectivity index (χ2v) is 5.97. The quantitative estimate of drug-likeness (QED) is 0.624. The van der Waals surface area contributed by atoms with E-state index in [1.165, 1.54) is 23.9 Å². The minimum Gasteiger partial charge on any atom is -0.166 e. The van der Waals surface area contributed by atoms with E-state index < -0.39 is 11.7 Å². The van der Waals surface area contributed by atoms with E-state index in [-0.39, 0.29) is 0 Å². The molecule has 0 spiro atoms. The third-order valence-electron chi connectivity index (χ3n) is 2.21. The topological polar surface area (TPSA) is 0 Å². The predicted octanol–water partition coefficient (Wildman–Crippen LogP) is 5.46. The Labute approximate surface area is 121 Å². The molecule has 2 rings (SSSR count). The number of alkyl halides is 3. The van der Waals surface area contributed by atoms with Crippen LogP contribution in [0, 0.1) is 3.57 Å². The lowest BCUT2D eigenvalue weighted by molar-refractivity contribution is -0.137. The van der Waals surface area contributed by atoms with Crippen molar-refractivity contribution in [2.75, 3.05) is 0 Å². The van der Waals surface area contributed by atoms with Gasteiger partial charge in [0.25, 0.3) is 0 Å². The van der Waals surface area contributed by atoms with E-state index >= 15 is 0 Å². The fourth-order valence-corrected chi connectivity index (χ4v) is 3.01. The molecule has 0 saturated carbocycles. The van der Waals surface area contributed by atoms with Crippen molar-refractivity contribution in [2.45, 2.75) is 16.0 Å². The summed E-state index contributed by atoms with van der Waals surface area (Å²) < 4.78 is 38.3. The molecule has 0 unspecified atom stereocenters. The molecular formula is C13H8F3IS. The molecule has 0 nitrogen and oxygen atoms in total. The maximum atomic E-state index is 12.4. The van der Waals surface area contributed by atoms with Crippen molar-refractivity contribution < 1.29 is 13.2 Å². The first-order valence-electron chi connectivity index (χ1n) is 5.06. The third-order valence-corrected chi connectivity index (χ3v) is 3.88. The van der Waals surface area contributed by atoms with Crippen molar-refractivity contribution in [3.05, 3.63) is 57.7 Å². The Kier molecular flexibility index (Phi) is 4.21. The molecule has 0 aliphatic carbocycles. The van der Waals surface area contributed by atoms with E-state index in [1.54, 1.807) is 0 Å². The van der Waals surface area contributed by atoms with Crippen molar-refractivity contribution in [3.63, 3.8) is 0 Å². The van der Waals surface area contributed by atoms with E-state index in [9.17, 15) is 13.2 Å². The van der Waals surface area contributed by atoms with Crippen LogP contribution in [0.4, 0.5) is 13.2 Å². The maximum absolute atomic E-state index is 12.4. The molecule has 94 valence electrons. The lowest BCUT2D eigenvalue weighted by atomic mass is 10.2. The van der Waals surface area contributed by atoms with Gasteiger partial charge >= 0.3 is 6.18 Å². The molecule has 2 aromatic rings. The van der Waals surface area contributed by atoms with Crippen LogP contribution in [0.5, 0.6) is 0 Å². The highest BCUT2D eigenvalue weighted by Gasteiger charge is 2.29. The van der Waals surface area contributed by atoms with Crippen molar-refractivity contribution in [3.8, 4) is 0 Å². The minimum absolute atomic E-state index is 0.616. The second kappa shape index (κ2) is 5.52. The van der Waals surface area contributed by atoms with Gasteiger partial charge in [-0.05, 0) is 65.1 Å². The van der Waals surface area contributed by atoms with Crippen LogP contribution >= 0.6 is 34.4 Å². The SMILES string of the molecule is FC(F)(F)c1ccc(Sc2cccc(I)c2)cc1. The first kappa shape index (κ1) is 13.7. The number of hydrogen-bond donors (Lipinski definition) is 0. The largest absolute Gasteiger partial charge is 0.416 e. The number of hydrogen-bond acceptors (Lipinski definition) is 1. The summed E-state index contributed by atoms with van der Waals surface area (Å²) in [5.41, 5.74) is -0.616. The first-order valence-corrected chi connectivity index (χ1v) is 6.95. The second-order valence-electron chi connectivity index (χ2n) is 3.58. The Balaban J connectivity index is 2.16. The summed E-state index contributed by atoms with van der Waals surface area (Å²) in [5, 5.41) is 0. The van der Waals surface area contributed by atoms with Crippen LogP contribution in [0.25, 0.3) is 0 Å². The molecule has 5 heteroatoms. The van der Waals surface area contributed by atoms with Gasteiger partial charge in [0.05, 0.1) is 5.56 Å². The summed E-state index contributed by atoms with van der Waals surface area (Å²) in [4.78, 5) is 1.81. The smallest absolute Gasteiger partial charge is 0.166 e. The Hall–Kier alpha value is -0.690. The van der Waals surface area contributed by atoms with Gasteiger partial charge in [-0.1, -0.05) is 17.8 Å². The zero-order chi connectivity index (χ0) is 13.2. The van der Waals surface area contributed by atoms with Gasteiger partial charge in [-0.15, -0.1) is 0 Å². The molecule has 0 atom stereocenters. The average molecular weight is 380 g/mol. The normalized spacial score (nSPS) is 11.6. The summed E-state index contributed by atoms with van der Waals surface area (Å²) >= 11 is 3.65. The van der Waals surface area contributed by atoms with E-state index in [2.05, 4.69) is 22.6 Å². The molecule has 0 amide bonds. The molecule has 0 fully saturated rings. The zero-order valence-electron chi connectivity index (χ0n) is 9.04. The maximum Gasteiger partial charge on any atom is 0.416 e. The fraction of sp³-hybridized carbons (Fsp3) is 0.0769. The van der Waals surface area contributed by atoms with Gasteiger partial charge in [0.15, 0.2) is 0 Å². The molecule has 0 N–H and O–H groups in total. The standard InChI is InChI=1S/C13H8F3IS/c14-13(15,16)9-4-6-11(7-5-9)18-12-3-1-2-10(17)8-12/h1-8H. The number of halogens is 4. The van der Waals surface area contributed by atoms with Crippen LogP contribution in [-0.4, -0.2) is 0 Å². The summed E-state index contributed by atoms with van der Waals surface area (Å²) in [6, 6.07) is 13.0. The summed E-state index contributed by atoms with van der Waals surface area (Å²) in [6.45, 7) is 0. The van der Waals surface area contributed by atoms with E-state index in [0.29, 0.717) is 0 Å². The Morgan fingerprint density at radius 1 is 0.889 bits per heavy atom. The van der Waals surface area contributed by atoms with Gasteiger partial charge in [-0.25, -0.2) is 0 Å². The molecule has 0 heterocycles. The number of rotatable bonds is 2. The van der Waals surface area contributed by atoms with Gasteiger partial charge in [0, 0.05) is 13.4 Å². The van der Waals surface area contributed by atoms with E-state index in [0.717, 1.165) is 25.5 Å². The van der Waals surface area contributed by atoms with E-state index in [1.807, 2.05) is 24.3 Å². The highest BCUT2D eigenvalue weighted by molar-refractivity contribution is 14.1. The van der Waals surface area contributed by atoms with Crippen LogP contribution < -0.4 is 0 Å². The number of benzene rings is 2. The molecule has 0 aliphatic rings. The van der Waals surface area contributed by atoms with Crippen molar-refractivity contribution in [2.24, 2.45) is 0 Å². The van der Waals surface area contributed by atoms with Gasteiger partial charge in [-0.2, -0.15) is 13.2 Å². The van der Waals surface area contributed by atoms with Gasteiger partial charge in [0.1, 0.15) is 0 Å². The van der Waals surface area contributed by atoms with E-state index in [4.69, 9.17) is 0 Å². The fourth-order valence-electron chi connectivity index (χ4n) is 1.38. The summed E-state index contributed by atoms with van der Waals surface area (Å²) in [7, 11) is 0. The molecule has 18 heavy (non-hydrogen) atoms. The van der Waals surface area contributed by atoms with Crippen molar-refractivity contribution in [1.29, 1.82) is 0 Å². The van der Waals surface area contributed by atoms with Crippen LogP contribution in [-0.2, 0) is 6.18 Å². The molecule has 0 radical (unpaired) electrons. The highest BCUT2D eigenvalue weighted by Crippen LogP contribution is 2.33. The van der Waals surface area contributed by atoms with Crippen LogP contribution in [0.3, 0.4) is 0 Å². The van der Waals surface area contributed by atoms with Crippen LogP contribution in [0.2, 0.25) is 0 Å². The Bertz CT molecular complexity index is 535. The van der Waals surface area contributed by atoms with Crippen LogP contribution in [0.15, 0.2) is 58.3 Å². The summed E-state index contributed by atoms with van der Waals surface area (Å²) in [5.74, 6) is 0. The Morgan fingerprint density at radius 3 is 2.11 bits per heavy atom. The lowest BCUT2D eigenvalue weighted by Gasteiger charge is -2.07. The van der Waals surface area contributed by atoms with Gasteiger partial charge in [-0.3, -0.25) is 0 Å².